The van der Waals surface area contributed by atoms with Crippen LogP contribution in [0.4, 0.5) is 0 Å². The molecule has 0 amide bonds. The predicted molar refractivity (Wildman–Crippen MR) is 85.4 cm³/mol. The molecule has 3 N–H and O–H groups in total. The zero-order valence-corrected chi connectivity index (χ0v) is 12.4. The van der Waals surface area contributed by atoms with Crippen LogP contribution in [0.5, 0.6) is 11.5 Å². The number of aliphatic hydroxyl groups is 1. The topological polar surface area (TPSA) is 55.5 Å². The van der Waals surface area contributed by atoms with E-state index in [-0.39, 0.29) is 5.92 Å². The zero-order chi connectivity index (χ0) is 15.1. The second-order valence-electron chi connectivity index (χ2n) is 5.22. The molecule has 0 saturated heterocycles. The van der Waals surface area contributed by atoms with Crippen molar-refractivity contribution < 1.29 is 9.84 Å². The minimum absolute atomic E-state index is 0.0852. The molecule has 0 saturated carbocycles. The normalized spacial score (nSPS) is 13.7. The fraction of sp³-hybridized carbons (Fsp3) is 0.333. The van der Waals surface area contributed by atoms with Crippen LogP contribution in [0.25, 0.3) is 0 Å². The third-order valence-electron chi connectivity index (χ3n) is 3.59. The summed E-state index contributed by atoms with van der Waals surface area (Å²) >= 11 is 0. The highest BCUT2D eigenvalue weighted by molar-refractivity contribution is 5.34. The van der Waals surface area contributed by atoms with Gasteiger partial charge in [-0.2, -0.15) is 0 Å². The van der Waals surface area contributed by atoms with E-state index >= 15 is 0 Å². The third kappa shape index (κ3) is 4.31. The van der Waals surface area contributed by atoms with Crippen LogP contribution < -0.4 is 10.5 Å². The zero-order valence-electron chi connectivity index (χ0n) is 12.4. The molecule has 0 fully saturated rings. The molecule has 2 unspecified atom stereocenters. The summed E-state index contributed by atoms with van der Waals surface area (Å²) in [6.07, 6.45) is 1.38. The van der Waals surface area contributed by atoms with Crippen molar-refractivity contribution in [3.8, 4) is 11.5 Å². The number of aliphatic hydroxyl groups excluding tert-OH is 1. The van der Waals surface area contributed by atoms with E-state index in [1.54, 1.807) is 0 Å². The minimum atomic E-state index is -0.547. The van der Waals surface area contributed by atoms with Crippen molar-refractivity contribution in [1.29, 1.82) is 0 Å². The van der Waals surface area contributed by atoms with Crippen molar-refractivity contribution in [2.75, 3.05) is 6.54 Å². The maximum atomic E-state index is 10.5. The summed E-state index contributed by atoms with van der Waals surface area (Å²) in [6, 6.07) is 17.2. The molecule has 2 aromatic rings. The van der Waals surface area contributed by atoms with E-state index in [4.69, 9.17) is 10.5 Å². The Balaban J connectivity index is 2.13. The maximum Gasteiger partial charge on any atom is 0.127 e. The van der Waals surface area contributed by atoms with Crippen molar-refractivity contribution in [3.63, 3.8) is 0 Å². The van der Waals surface area contributed by atoms with E-state index in [0.29, 0.717) is 6.54 Å². The lowest BCUT2D eigenvalue weighted by molar-refractivity contribution is 0.106. The van der Waals surface area contributed by atoms with Gasteiger partial charge in [0.05, 0.1) is 6.10 Å². The molecule has 2 atom stereocenters. The average molecular weight is 285 g/mol. The van der Waals surface area contributed by atoms with Crippen molar-refractivity contribution >= 4 is 0 Å². The molecule has 2 aromatic carbocycles. The van der Waals surface area contributed by atoms with Crippen molar-refractivity contribution in [2.24, 2.45) is 11.7 Å². The van der Waals surface area contributed by atoms with Crippen LogP contribution >= 0.6 is 0 Å². The first kappa shape index (κ1) is 15.5. The summed E-state index contributed by atoms with van der Waals surface area (Å²) in [6.45, 7) is 2.59. The van der Waals surface area contributed by atoms with Gasteiger partial charge in [-0.05, 0) is 42.8 Å². The molecular formula is C18H23NO2. The Bertz CT molecular complexity index is 542. The number of hydrogen-bond acceptors (Lipinski definition) is 3. The Morgan fingerprint density at radius 1 is 1.05 bits per heavy atom. The van der Waals surface area contributed by atoms with Gasteiger partial charge in [-0.1, -0.05) is 43.7 Å². The Morgan fingerprint density at radius 3 is 2.43 bits per heavy atom. The average Bonchev–Trinajstić information content (AvgIpc) is 2.53. The molecule has 0 aliphatic heterocycles. The fourth-order valence-corrected chi connectivity index (χ4v) is 2.43. The number of para-hydroxylation sites is 1. The summed E-state index contributed by atoms with van der Waals surface area (Å²) in [4.78, 5) is 0. The molecule has 0 heterocycles. The van der Waals surface area contributed by atoms with Crippen LogP contribution in [0.15, 0.2) is 54.6 Å². The molecule has 3 nitrogen and oxygen atoms in total. The quantitative estimate of drug-likeness (QED) is 0.811. The number of rotatable bonds is 7. The molecule has 0 bridgehead atoms. The highest BCUT2D eigenvalue weighted by Gasteiger charge is 2.19. The number of hydrogen-bond donors (Lipinski definition) is 2. The van der Waals surface area contributed by atoms with Gasteiger partial charge < -0.3 is 15.6 Å². The summed E-state index contributed by atoms with van der Waals surface area (Å²) < 4.78 is 5.80. The van der Waals surface area contributed by atoms with E-state index in [9.17, 15) is 5.11 Å². The lowest BCUT2D eigenvalue weighted by atomic mass is 9.92. The van der Waals surface area contributed by atoms with Crippen LogP contribution in [0.1, 0.15) is 31.4 Å². The molecule has 2 rings (SSSR count). The van der Waals surface area contributed by atoms with E-state index in [1.807, 2.05) is 54.6 Å². The van der Waals surface area contributed by atoms with E-state index < -0.39 is 6.10 Å². The molecule has 0 aliphatic carbocycles. The lowest BCUT2D eigenvalue weighted by Gasteiger charge is -2.21. The summed E-state index contributed by atoms with van der Waals surface area (Å²) in [7, 11) is 0. The van der Waals surface area contributed by atoms with Gasteiger partial charge in [0.15, 0.2) is 0 Å². The van der Waals surface area contributed by atoms with Gasteiger partial charge in [0.1, 0.15) is 11.5 Å². The number of nitrogens with two attached hydrogens (primary N) is 1. The van der Waals surface area contributed by atoms with Gasteiger partial charge in [-0.3, -0.25) is 0 Å². The van der Waals surface area contributed by atoms with E-state index in [1.165, 1.54) is 0 Å². The van der Waals surface area contributed by atoms with Crippen LogP contribution in [-0.4, -0.2) is 11.7 Å². The standard InChI is InChI=1S/C18H23NO2/c1-2-7-15(13-19)18(20)14-8-6-11-17(12-14)21-16-9-4-3-5-10-16/h3-6,8-12,15,18,20H,2,7,13,19H2,1H3. The third-order valence-corrected chi connectivity index (χ3v) is 3.59. The first-order chi connectivity index (χ1) is 10.2. The highest BCUT2D eigenvalue weighted by Crippen LogP contribution is 2.29. The second kappa shape index (κ2) is 7.81. The van der Waals surface area contributed by atoms with E-state index in [0.717, 1.165) is 29.9 Å². The second-order valence-corrected chi connectivity index (χ2v) is 5.22. The van der Waals surface area contributed by atoms with Crippen LogP contribution in [0, 0.1) is 5.92 Å². The summed E-state index contributed by atoms with van der Waals surface area (Å²) in [5.41, 5.74) is 6.62. The van der Waals surface area contributed by atoms with Crippen molar-refractivity contribution in [1.82, 2.24) is 0 Å². The first-order valence-electron chi connectivity index (χ1n) is 7.45. The Hall–Kier alpha value is -1.84. The largest absolute Gasteiger partial charge is 0.457 e. The van der Waals surface area contributed by atoms with Crippen molar-refractivity contribution in [2.45, 2.75) is 25.9 Å². The molecular weight excluding hydrogens is 262 g/mol. The first-order valence-corrected chi connectivity index (χ1v) is 7.45. The van der Waals surface area contributed by atoms with Gasteiger partial charge in [-0.25, -0.2) is 0 Å². The Morgan fingerprint density at radius 2 is 1.76 bits per heavy atom. The molecule has 0 aliphatic rings. The molecule has 3 heteroatoms. The minimum Gasteiger partial charge on any atom is -0.457 e. The monoisotopic (exact) mass is 285 g/mol. The maximum absolute atomic E-state index is 10.5. The molecule has 112 valence electrons. The van der Waals surface area contributed by atoms with Gasteiger partial charge in [0.2, 0.25) is 0 Å². The number of ether oxygens (including phenoxy) is 1. The lowest BCUT2D eigenvalue weighted by Crippen LogP contribution is -2.21. The predicted octanol–water partition coefficient (Wildman–Crippen LogP) is 3.89. The highest BCUT2D eigenvalue weighted by atomic mass is 16.5. The van der Waals surface area contributed by atoms with Gasteiger partial charge in [0.25, 0.3) is 0 Å². The smallest absolute Gasteiger partial charge is 0.127 e. The summed E-state index contributed by atoms with van der Waals surface area (Å²) in [5, 5.41) is 10.5. The van der Waals surface area contributed by atoms with Gasteiger partial charge in [0, 0.05) is 5.92 Å². The fourth-order valence-electron chi connectivity index (χ4n) is 2.43. The summed E-state index contributed by atoms with van der Waals surface area (Å²) in [5.74, 6) is 1.60. The van der Waals surface area contributed by atoms with Crippen LogP contribution in [0.3, 0.4) is 0 Å². The molecule has 0 aromatic heterocycles. The van der Waals surface area contributed by atoms with Gasteiger partial charge >= 0.3 is 0 Å². The van der Waals surface area contributed by atoms with Crippen molar-refractivity contribution in [3.05, 3.63) is 60.2 Å². The molecule has 21 heavy (non-hydrogen) atoms. The van der Waals surface area contributed by atoms with Gasteiger partial charge in [-0.15, -0.1) is 0 Å². The van der Waals surface area contributed by atoms with E-state index in [2.05, 4.69) is 6.92 Å². The van der Waals surface area contributed by atoms with Crippen LogP contribution in [-0.2, 0) is 0 Å². The molecule has 0 spiro atoms. The Kier molecular flexibility index (Phi) is 5.78. The molecule has 0 radical (unpaired) electrons. The Labute approximate surface area is 126 Å². The van der Waals surface area contributed by atoms with Crippen LogP contribution in [0.2, 0.25) is 0 Å². The SMILES string of the molecule is CCCC(CN)C(O)c1cccc(Oc2ccccc2)c1. The number of benzene rings is 2.